The molecule has 0 amide bonds. The van der Waals surface area contributed by atoms with E-state index in [9.17, 15) is 0 Å². The molecule has 0 unspecified atom stereocenters. The Hall–Kier alpha value is 0.814. The smallest absolute Gasteiger partial charge is 0.343 e. The zero-order valence-corrected chi connectivity index (χ0v) is 10.9. The van der Waals surface area contributed by atoms with Crippen LogP contribution >= 0.6 is 0 Å². The molecule has 2 heteroatoms. The van der Waals surface area contributed by atoms with Crippen LogP contribution in [0, 0.1) is 18.3 Å². The van der Waals surface area contributed by atoms with Crippen molar-refractivity contribution >= 4 is 8.80 Å². The van der Waals surface area contributed by atoms with Crippen molar-refractivity contribution in [3.8, 4) is 0 Å². The second kappa shape index (κ2) is 6.30. The largest absolute Gasteiger partial charge is 1.00 e. The predicted molar refractivity (Wildman–Crippen MR) is 56.6 cm³/mol. The topological polar surface area (TPSA) is 0 Å². The number of rotatable bonds is 3. The standard InChI is InChI=1S/C10H23Si.Li/c1-7-9(8-11(5)6)10(2,3)4;/h9,11H,1,7-8H2,2-6H3;/q-1;+1/t9-;/m1./s1. The van der Waals surface area contributed by atoms with Crippen LogP contribution in [0.3, 0.4) is 0 Å². The first kappa shape index (κ1) is 15.3. The minimum absolute atomic E-state index is 0. The molecule has 0 spiro atoms. The summed E-state index contributed by atoms with van der Waals surface area (Å²) >= 11 is 0. The third-order valence-electron chi connectivity index (χ3n) is 2.33. The summed E-state index contributed by atoms with van der Waals surface area (Å²) in [5.41, 5.74) is 0.471. The zero-order valence-electron chi connectivity index (χ0n) is 9.78. The van der Waals surface area contributed by atoms with E-state index in [0.717, 1.165) is 12.3 Å². The Morgan fingerprint density at radius 2 is 1.67 bits per heavy atom. The first-order chi connectivity index (χ1) is 4.88. The second-order valence-corrected chi connectivity index (χ2v) is 8.24. The van der Waals surface area contributed by atoms with Crippen molar-refractivity contribution in [2.75, 3.05) is 0 Å². The third-order valence-corrected chi connectivity index (χ3v) is 3.84. The Kier molecular flexibility index (Phi) is 8.02. The van der Waals surface area contributed by atoms with Gasteiger partial charge in [0.2, 0.25) is 0 Å². The molecule has 12 heavy (non-hydrogen) atoms. The van der Waals surface area contributed by atoms with Crippen LogP contribution in [0.2, 0.25) is 19.1 Å². The molecule has 0 bridgehead atoms. The van der Waals surface area contributed by atoms with E-state index in [1.165, 1.54) is 6.04 Å². The van der Waals surface area contributed by atoms with Crippen LogP contribution in [0.5, 0.6) is 0 Å². The first-order valence-electron chi connectivity index (χ1n) is 4.67. The summed E-state index contributed by atoms with van der Waals surface area (Å²) in [7, 11) is -0.386. The number of hydrogen-bond donors (Lipinski definition) is 0. The maximum atomic E-state index is 4.03. The van der Waals surface area contributed by atoms with Crippen LogP contribution in [0.1, 0.15) is 27.2 Å². The predicted octanol–water partition coefficient (Wildman–Crippen LogP) is 0.364. The van der Waals surface area contributed by atoms with Crippen molar-refractivity contribution in [2.45, 2.75) is 46.3 Å². The van der Waals surface area contributed by atoms with E-state index in [2.05, 4.69) is 40.8 Å². The van der Waals surface area contributed by atoms with E-state index in [1.807, 2.05) is 0 Å². The van der Waals surface area contributed by atoms with E-state index < -0.39 is 0 Å². The minimum Gasteiger partial charge on any atom is -0.343 e. The normalized spacial score (nSPS) is 14.2. The maximum absolute atomic E-state index is 4.03. The fourth-order valence-corrected chi connectivity index (χ4v) is 3.55. The first-order valence-corrected chi connectivity index (χ1v) is 7.79. The molecule has 0 aromatic heterocycles. The average molecular weight is 178 g/mol. The van der Waals surface area contributed by atoms with Gasteiger partial charge in [0.25, 0.3) is 0 Å². The average Bonchev–Trinajstić information content (AvgIpc) is 1.79. The summed E-state index contributed by atoms with van der Waals surface area (Å²) in [5.74, 6) is 0.842. The van der Waals surface area contributed by atoms with Gasteiger partial charge >= 0.3 is 18.9 Å². The van der Waals surface area contributed by atoms with Crippen molar-refractivity contribution in [1.29, 1.82) is 0 Å². The van der Waals surface area contributed by atoms with E-state index in [0.29, 0.717) is 5.41 Å². The van der Waals surface area contributed by atoms with Crippen molar-refractivity contribution in [1.82, 2.24) is 0 Å². The van der Waals surface area contributed by atoms with Gasteiger partial charge in [-0.1, -0.05) is 45.8 Å². The van der Waals surface area contributed by atoms with E-state index in [-0.39, 0.29) is 27.7 Å². The Balaban J connectivity index is 0. The van der Waals surface area contributed by atoms with E-state index >= 15 is 0 Å². The van der Waals surface area contributed by atoms with E-state index in [4.69, 9.17) is 0 Å². The van der Waals surface area contributed by atoms with Gasteiger partial charge in [-0.15, -0.1) is 0 Å². The summed E-state index contributed by atoms with van der Waals surface area (Å²) in [6.45, 7) is 15.9. The Morgan fingerprint density at radius 3 is 1.75 bits per heavy atom. The molecule has 0 rings (SSSR count). The summed E-state index contributed by atoms with van der Waals surface area (Å²) in [6, 6.07) is 1.45. The van der Waals surface area contributed by atoms with Gasteiger partial charge in [0, 0.05) is 8.80 Å². The molecule has 0 aliphatic carbocycles. The molecule has 0 saturated carbocycles. The van der Waals surface area contributed by atoms with Crippen LogP contribution < -0.4 is 18.9 Å². The number of hydrogen-bond acceptors (Lipinski definition) is 0. The van der Waals surface area contributed by atoms with Gasteiger partial charge in [-0.2, -0.15) is 6.42 Å². The van der Waals surface area contributed by atoms with Crippen LogP contribution in [0.4, 0.5) is 0 Å². The van der Waals surface area contributed by atoms with Crippen LogP contribution in [0.25, 0.3) is 0 Å². The fraction of sp³-hybridized carbons (Fsp3) is 0.900. The van der Waals surface area contributed by atoms with Crippen LogP contribution in [-0.4, -0.2) is 8.80 Å². The van der Waals surface area contributed by atoms with Crippen molar-refractivity contribution < 1.29 is 18.9 Å². The molecule has 1 atom stereocenters. The second-order valence-electron chi connectivity index (χ2n) is 4.98. The quantitative estimate of drug-likeness (QED) is 0.432. The minimum atomic E-state index is -0.386. The molecule has 0 N–H and O–H groups in total. The van der Waals surface area contributed by atoms with Crippen molar-refractivity contribution in [2.24, 2.45) is 11.3 Å². The van der Waals surface area contributed by atoms with E-state index in [1.54, 1.807) is 0 Å². The zero-order chi connectivity index (χ0) is 9.07. The summed E-state index contributed by atoms with van der Waals surface area (Å²) in [4.78, 5) is 0. The van der Waals surface area contributed by atoms with Gasteiger partial charge in [0.05, 0.1) is 0 Å². The molecular formula is C10H23LiSi. The third kappa shape index (κ3) is 6.34. The summed E-state index contributed by atoms with van der Waals surface area (Å²) in [6.07, 6.45) is 1.11. The molecule has 0 aromatic rings. The molecule has 0 heterocycles. The van der Waals surface area contributed by atoms with Gasteiger partial charge in [-0.05, 0) is 5.41 Å². The molecule has 68 valence electrons. The summed E-state index contributed by atoms with van der Waals surface area (Å²) < 4.78 is 0. The van der Waals surface area contributed by atoms with Gasteiger partial charge in [-0.25, -0.2) is 0 Å². The maximum Gasteiger partial charge on any atom is 1.00 e. The van der Waals surface area contributed by atoms with Crippen LogP contribution in [-0.2, 0) is 0 Å². The molecular weight excluding hydrogens is 155 g/mol. The molecule has 0 saturated heterocycles. The molecule has 0 aliphatic heterocycles. The molecule has 0 nitrogen and oxygen atoms in total. The van der Waals surface area contributed by atoms with Crippen molar-refractivity contribution in [3.05, 3.63) is 6.92 Å². The molecule has 0 aromatic carbocycles. The van der Waals surface area contributed by atoms with Gasteiger partial charge in [-0.3, -0.25) is 0 Å². The molecule has 0 aliphatic rings. The van der Waals surface area contributed by atoms with Gasteiger partial charge in [0.1, 0.15) is 0 Å². The fourth-order valence-electron chi connectivity index (χ4n) is 1.47. The Morgan fingerprint density at radius 1 is 1.25 bits per heavy atom. The van der Waals surface area contributed by atoms with Crippen LogP contribution in [0.15, 0.2) is 0 Å². The van der Waals surface area contributed by atoms with Gasteiger partial charge < -0.3 is 6.92 Å². The Bertz CT molecular complexity index is 105. The van der Waals surface area contributed by atoms with Gasteiger partial charge in [0.15, 0.2) is 0 Å². The monoisotopic (exact) mass is 178 g/mol. The summed E-state index contributed by atoms with van der Waals surface area (Å²) in [5, 5.41) is 0. The Labute approximate surface area is 92.3 Å². The molecule has 0 radical (unpaired) electrons. The van der Waals surface area contributed by atoms with Crippen molar-refractivity contribution in [3.63, 3.8) is 0 Å². The SMILES string of the molecule is [CH2-]C[C@H](C[SiH](C)C)C(C)(C)C.[Li+]. The molecule has 0 fully saturated rings.